The lowest BCUT2D eigenvalue weighted by Gasteiger charge is -2.26. The third-order valence-electron chi connectivity index (χ3n) is 4.50. The summed E-state index contributed by atoms with van der Waals surface area (Å²) in [4.78, 5) is 13.1. The molecule has 134 valence electrons. The van der Waals surface area contributed by atoms with Crippen LogP contribution in [0.15, 0.2) is 59.5 Å². The van der Waals surface area contributed by atoms with Gasteiger partial charge in [-0.05, 0) is 18.2 Å². The number of rotatable bonds is 3. The van der Waals surface area contributed by atoms with Crippen molar-refractivity contribution in [2.45, 2.75) is 19.3 Å². The van der Waals surface area contributed by atoms with Crippen molar-refractivity contribution in [1.82, 2.24) is 24.7 Å². The number of hydrogen-bond donors (Lipinski definition) is 0. The van der Waals surface area contributed by atoms with E-state index in [2.05, 4.69) is 20.1 Å². The van der Waals surface area contributed by atoms with Gasteiger partial charge in [-0.2, -0.15) is 4.98 Å². The summed E-state index contributed by atoms with van der Waals surface area (Å²) < 4.78 is 13.5. The van der Waals surface area contributed by atoms with Gasteiger partial charge in [0.05, 0.1) is 25.2 Å². The lowest BCUT2D eigenvalue weighted by atomic mass is 10.1. The molecule has 0 unspecified atom stereocenters. The van der Waals surface area contributed by atoms with Crippen LogP contribution in [0.25, 0.3) is 23.1 Å². The molecule has 4 aromatic rings. The summed E-state index contributed by atoms with van der Waals surface area (Å²) in [6.45, 7) is 1.000. The maximum absolute atomic E-state index is 6.30. The Bertz CT molecular complexity index is 1090. The topological polar surface area (TPSA) is 78.9 Å². The molecule has 7 nitrogen and oxygen atoms in total. The van der Waals surface area contributed by atoms with Crippen LogP contribution in [0.4, 0.5) is 0 Å². The normalized spacial score (nSPS) is 16.3. The van der Waals surface area contributed by atoms with Gasteiger partial charge < -0.3 is 13.8 Å². The third-order valence-corrected chi connectivity index (χ3v) is 4.85. The highest BCUT2D eigenvalue weighted by atomic mass is 35.5. The van der Waals surface area contributed by atoms with Crippen LogP contribution in [0.5, 0.6) is 0 Å². The predicted molar refractivity (Wildman–Crippen MR) is 97.7 cm³/mol. The number of halogens is 1. The summed E-state index contributed by atoms with van der Waals surface area (Å²) in [5.74, 6) is 0.780. The Labute approximate surface area is 159 Å². The number of hydrogen-bond acceptors (Lipinski definition) is 6. The van der Waals surface area contributed by atoms with Crippen molar-refractivity contribution in [1.29, 1.82) is 0 Å². The first kappa shape index (κ1) is 16.2. The monoisotopic (exact) mass is 379 g/mol. The highest BCUT2D eigenvalue weighted by Gasteiger charge is 2.27. The molecule has 0 saturated carbocycles. The highest BCUT2D eigenvalue weighted by Crippen LogP contribution is 2.34. The van der Waals surface area contributed by atoms with Crippen molar-refractivity contribution in [2.75, 3.05) is 0 Å². The molecule has 0 spiro atoms. The first-order valence-electron chi connectivity index (χ1n) is 8.45. The van der Waals surface area contributed by atoms with E-state index in [1.54, 1.807) is 12.5 Å². The zero-order valence-electron chi connectivity index (χ0n) is 14.1. The molecule has 0 saturated heterocycles. The van der Waals surface area contributed by atoms with E-state index in [0.29, 0.717) is 41.3 Å². The van der Waals surface area contributed by atoms with E-state index in [0.717, 1.165) is 11.3 Å². The van der Waals surface area contributed by atoms with Gasteiger partial charge in [-0.3, -0.25) is 4.98 Å². The number of imidazole rings is 1. The second-order valence-electron chi connectivity index (χ2n) is 6.15. The number of pyridine rings is 1. The maximum Gasteiger partial charge on any atom is 0.278 e. The van der Waals surface area contributed by atoms with E-state index >= 15 is 0 Å². The average Bonchev–Trinajstić information content (AvgIpc) is 3.35. The Balaban J connectivity index is 1.44. The Morgan fingerprint density at radius 3 is 2.81 bits per heavy atom. The first-order valence-corrected chi connectivity index (χ1v) is 8.83. The van der Waals surface area contributed by atoms with E-state index in [9.17, 15) is 0 Å². The number of fused-ring (bicyclic) bond motifs is 1. The van der Waals surface area contributed by atoms with Crippen molar-refractivity contribution >= 4 is 11.6 Å². The van der Waals surface area contributed by atoms with Gasteiger partial charge in [0.1, 0.15) is 11.8 Å². The Morgan fingerprint density at radius 1 is 1.07 bits per heavy atom. The summed E-state index contributed by atoms with van der Waals surface area (Å²) in [5, 5.41) is 4.71. The molecule has 27 heavy (non-hydrogen) atoms. The van der Waals surface area contributed by atoms with Crippen LogP contribution in [0.3, 0.4) is 0 Å². The summed E-state index contributed by atoms with van der Waals surface area (Å²) in [5.41, 5.74) is 3.14. The first-order chi connectivity index (χ1) is 13.3. The second kappa shape index (κ2) is 6.61. The van der Waals surface area contributed by atoms with Crippen LogP contribution in [-0.2, 0) is 17.9 Å². The third kappa shape index (κ3) is 2.90. The van der Waals surface area contributed by atoms with Crippen LogP contribution in [0.1, 0.15) is 17.4 Å². The van der Waals surface area contributed by atoms with Gasteiger partial charge in [0.15, 0.2) is 5.69 Å². The molecule has 0 radical (unpaired) electrons. The molecule has 8 heteroatoms. The van der Waals surface area contributed by atoms with E-state index in [4.69, 9.17) is 20.9 Å². The van der Waals surface area contributed by atoms with Gasteiger partial charge in [-0.1, -0.05) is 41.0 Å². The van der Waals surface area contributed by atoms with Crippen molar-refractivity contribution in [3.63, 3.8) is 0 Å². The van der Waals surface area contributed by atoms with E-state index < -0.39 is 0 Å². The van der Waals surface area contributed by atoms with Gasteiger partial charge in [-0.15, -0.1) is 0 Å². The minimum atomic E-state index is -0.125. The van der Waals surface area contributed by atoms with Crippen molar-refractivity contribution in [2.24, 2.45) is 0 Å². The molecule has 4 heterocycles. The highest BCUT2D eigenvalue weighted by molar-refractivity contribution is 6.31. The minimum absolute atomic E-state index is 0.125. The number of ether oxygens (including phenoxy) is 1. The minimum Gasteiger partial charge on any atom is -0.365 e. The zero-order chi connectivity index (χ0) is 18.2. The van der Waals surface area contributed by atoms with Gasteiger partial charge in [0, 0.05) is 16.8 Å². The van der Waals surface area contributed by atoms with E-state index in [1.165, 1.54) is 0 Å². The largest absolute Gasteiger partial charge is 0.365 e. The molecule has 0 fully saturated rings. The molecule has 3 aromatic heterocycles. The van der Waals surface area contributed by atoms with Crippen molar-refractivity contribution in [3.8, 4) is 23.1 Å². The fourth-order valence-corrected chi connectivity index (χ4v) is 3.41. The molecule has 5 rings (SSSR count). The smallest absolute Gasteiger partial charge is 0.278 e. The van der Waals surface area contributed by atoms with Gasteiger partial charge in [0.2, 0.25) is 5.82 Å². The van der Waals surface area contributed by atoms with Crippen LogP contribution < -0.4 is 0 Å². The number of aromatic nitrogens is 5. The van der Waals surface area contributed by atoms with Crippen molar-refractivity contribution in [3.05, 3.63) is 71.3 Å². The second-order valence-corrected chi connectivity index (χ2v) is 6.56. The molecule has 0 bridgehead atoms. The van der Waals surface area contributed by atoms with Crippen LogP contribution in [0, 0.1) is 0 Å². The van der Waals surface area contributed by atoms with E-state index in [1.807, 2.05) is 47.0 Å². The molecule has 0 amide bonds. The molecular weight excluding hydrogens is 366 g/mol. The fourth-order valence-electron chi connectivity index (χ4n) is 3.15. The number of nitrogens with zero attached hydrogens (tertiary/aromatic N) is 5. The summed E-state index contributed by atoms with van der Waals surface area (Å²) in [7, 11) is 0. The standard InChI is InChI=1S/C19H14ClN5O2/c20-13-6-2-1-5-12(13)16-9-25-11-22-17(15(25)10-26-16)19-23-18(24-27-19)14-7-3-4-8-21-14/h1-8,11,16H,9-10H2/t16-/m1/s1. The quantitative estimate of drug-likeness (QED) is 0.536. The lowest BCUT2D eigenvalue weighted by molar-refractivity contribution is 0.00336. The molecule has 1 aliphatic heterocycles. The van der Waals surface area contributed by atoms with Crippen LogP contribution in [0.2, 0.25) is 5.02 Å². The summed E-state index contributed by atoms with van der Waals surface area (Å²) in [6, 6.07) is 13.2. The lowest BCUT2D eigenvalue weighted by Crippen LogP contribution is -2.20. The molecule has 0 aliphatic carbocycles. The molecule has 1 aromatic carbocycles. The molecule has 1 aliphatic rings. The van der Waals surface area contributed by atoms with Gasteiger partial charge in [-0.25, -0.2) is 4.98 Å². The Kier molecular flexibility index (Phi) is 3.95. The van der Waals surface area contributed by atoms with Gasteiger partial charge >= 0.3 is 0 Å². The fraction of sp³-hybridized carbons (Fsp3) is 0.158. The van der Waals surface area contributed by atoms with Gasteiger partial charge in [0.25, 0.3) is 5.89 Å². The Hall–Kier alpha value is -3.03. The van der Waals surface area contributed by atoms with Crippen LogP contribution in [-0.4, -0.2) is 24.7 Å². The molecular formula is C19H14ClN5O2. The Morgan fingerprint density at radius 2 is 1.96 bits per heavy atom. The average molecular weight is 380 g/mol. The SMILES string of the molecule is Clc1ccccc1[C@H]1Cn2cnc(-c3nc(-c4ccccn4)no3)c2CO1. The summed E-state index contributed by atoms with van der Waals surface area (Å²) in [6.07, 6.45) is 3.33. The van der Waals surface area contributed by atoms with Crippen molar-refractivity contribution < 1.29 is 9.26 Å². The van der Waals surface area contributed by atoms with Crippen LogP contribution >= 0.6 is 11.6 Å². The van der Waals surface area contributed by atoms with E-state index in [-0.39, 0.29) is 6.10 Å². The zero-order valence-corrected chi connectivity index (χ0v) is 14.9. The molecule has 1 atom stereocenters. The number of benzene rings is 1. The molecule has 0 N–H and O–H groups in total. The predicted octanol–water partition coefficient (Wildman–Crippen LogP) is 3.92. The maximum atomic E-state index is 6.30. The summed E-state index contributed by atoms with van der Waals surface area (Å²) >= 11 is 6.30.